The van der Waals surface area contributed by atoms with Crippen molar-refractivity contribution in [3.8, 4) is 23.8 Å². The van der Waals surface area contributed by atoms with Crippen molar-refractivity contribution in [2.24, 2.45) is 0 Å². The van der Waals surface area contributed by atoms with Crippen molar-refractivity contribution in [2.75, 3.05) is 13.2 Å². The van der Waals surface area contributed by atoms with Crippen molar-refractivity contribution < 1.29 is 23.5 Å². The number of hydrogen-bond acceptors (Lipinski definition) is 5. The Hall–Kier alpha value is -2.95. The third kappa shape index (κ3) is 4.96. The van der Waals surface area contributed by atoms with Gasteiger partial charge in [0.2, 0.25) is 0 Å². The van der Waals surface area contributed by atoms with Crippen LogP contribution in [0.1, 0.15) is 18.1 Å². The zero-order chi connectivity index (χ0) is 21.7. The highest BCUT2D eigenvalue weighted by atomic mass is 35.5. The second-order valence-electron chi connectivity index (χ2n) is 6.15. The number of ether oxygens (including phenoxy) is 2. The zero-order valence-electron chi connectivity index (χ0n) is 16.0. The molecular formula is C22H17ClFNO4S. The normalized spacial score (nSPS) is 14.9. The van der Waals surface area contributed by atoms with E-state index in [1.807, 2.05) is 6.92 Å². The van der Waals surface area contributed by atoms with Gasteiger partial charge < -0.3 is 9.47 Å². The summed E-state index contributed by atoms with van der Waals surface area (Å²) in [6, 6.07) is 9.30. The van der Waals surface area contributed by atoms with Crippen molar-refractivity contribution >= 4 is 40.6 Å². The predicted octanol–water partition coefficient (Wildman–Crippen LogP) is 5.13. The van der Waals surface area contributed by atoms with Gasteiger partial charge in [0.05, 0.1) is 23.1 Å². The van der Waals surface area contributed by atoms with E-state index in [0.717, 1.165) is 16.7 Å². The summed E-state index contributed by atoms with van der Waals surface area (Å²) in [6.07, 6.45) is 6.75. The molecule has 0 saturated carbocycles. The minimum Gasteiger partial charge on any atom is -0.490 e. The van der Waals surface area contributed by atoms with E-state index in [2.05, 4.69) is 5.92 Å². The molecule has 0 unspecified atom stereocenters. The molecule has 1 aliphatic rings. The highest BCUT2D eigenvalue weighted by molar-refractivity contribution is 8.18. The monoisotopic (exact) mass is 445 g/mol. The van der Waals surface area contributed by atoms with Crippen LogP contribution in [0.3, 0.4) is 0 Å². The summed E-state index contributed by atoms with van der Waals surface area (Å²) in [4.78, 5) is 25.5. The van der Waals surface area contributed by atoms with Gasteiger partial charge in [-0.15, -0.1) is 6.42 Å². The molecule has 5 nitrogen and oxygen atoms in total. The Kier molecular flexibility index (Phi) is 7.03. The van der Waals surface area contributed by atoms with Crippen LogP contribution in [0.5, 0.6) is 11.5 Å². The maximum Gasteiger partial charge on any atom is 0.294 e. The molecule has 0 spiro atoms. The average molecular weight is 446 g/mol. The molecule has 0 aliphatic carbocycles. The number of rotatable bonds is 7. The van der Waals surface area contributed by atoms with Gasteiger partial charge in [-0.05, 0) is 60.2 Å². The van der Waals surface area contributed by atoms with Gasteiger partial charge in [0.15, 0.2) is 11.5 Å². The van der Waals surface area contributed by atoms with E-state index in [-0.39, 0.29) is 28.9 Å². The Morgan fingerprint density at radius 3 is 2.77 bits per heavy atom. The fourth-order valence-corrected chi connectivity index (χ4v) is 3.85. The molecule has 154 valence electrons. The molecule has 2 aromatic carbocycles. The van der Waals surface area contributed by atoms with Crippen LogP contribution in [0.25, 0.3) is 6.08 Å². The number of hydrogen-bond donors (Lipinski definition) is 0. The highest BCUT2D eigenvalue weighted by Gasteiger charge is 2.34. The van der Waals surface area contributed by atoms with E-state index >= 15 is 0 Å². The van der Waals surface area contributed by atoms with Crippen molar-refractivity contribution in [1.29, 1.82) is 0 Å². The number of thioether (sulfide) groups is 1. The van der Waals surface area contributed by atoms with Crippen LogP contribution < -0.4 is 9.47 Å². The van der Waals surface area contributed by atoms with Crippen LogP contribution in [0.2, 0.25) is 5.02 Å². The van der Waals surface area contributed by atoms with Crippen LogP contribution in [-0.4, -0.2) is 29.2 Å². The number of halogens is 2. The molecular weight excluding hydrogens is 429 g/mol. The molecule has 0 aromatic heterocycles. The smallest absolute Gasteiger partial charge is 0.294 e. The highest BCUT2D eigenvalue weighted by Crippen LogP contribution is 2.39. The first kappa shape index (κ1) is 21.8. The summed E-state index contributed by atoms with van der Waals surface area (Å²) in [6.45, 7) is 2.18. The van der Waals surface area contributed by atoms with Gasteiger partial charge in [0.1, 0.15) is 12.4 Å². The number of imide groups is 1. The molecule has 30 heavy (non-hydrogen) atoms. The lowest BCUT2D eigenvalue weighted by Crippen LogP contribution is -2.28. The molecule has 0 atom stereocenters. The standard InChI is InChI=1S/C22H17ClFNO4S/c1-3-8-25-21(26)19(30-22(25)27)12-15-10-17(23)20(18(11-15)28-4-2)29-13-14-6-5-7-16(24)9-14/h1,5-7,9-12H,4,8,13H2,2H3/b19-12+. The number of nitrogens with zero attached hydrogens (tertiary/aromatic N) is 1. The molecule has 1 saturated heterocycles. The van der Waals surface area contributed by atoms with Gasteiger partial charge in [-0.2, -0.15) is 0 Å². The molecule has 0 bridgehead atoms. The molecule has 0 N–H and O–H groups in total. The first-order valence-corrected chi connectivity index (χ1v) is 10.1. The molecule has 1 heterocycles. The van der Waals surface area contributed by atoms with E-state index < -0.39 is 11.1 Å². The summed E-state index contributed by atoms with van der Waals surface area (Å²) in [5.74, 6) is 2.15. The average Bonchev–Trinajstić information content (AvgIpc) is 2.95. The topological polar surface area (TPSA) is 55.8 Å². The number of terminal acetylenes is 1. The largest absolute Gasteiger partial charge is 0.490 e. The van der Waals surface area contributed by atoms with Crippen molar-refractivity contribution in [3.05, 3.63) is 63.3 Å². The van der Waals surface area contributed by atoms with Crippen LogP contribution >= 0.6 is 23.4 Å². The summed E-state index contributed by atoms with van der Waals surface area (Å²) in [7, 11) is 0. The van der Waals surface area contributed by atoms with Crippen LogP contribution in [0.4, 0.5) is 9.18 Å². The minimum atomic E-state index is -0.455. The quantitative estimate of drug-likeness (QED) is 0.437. The first-order chi connectivity index (χ1) is 14.4. The van der Waals surface area contributed by atoms with Gasteiger partial charge in [-0.25, -0.2) is 4.39 Å². The SMILES string of the molecule is C#CCN1C(=O)S/C(=C/c2cc(Cl)c(OCc3cccc(F)c3)c(OCC)c2)C1=O. The fraction of sp³-hybridized carbons (Fsp3) is 0.182. The number of benzene rings is 2. The van der Waals surface area contributed by atoms with E-state index in [1.54, 1.807) is 30.3 Å². The third-order valence-electron chi connectivity index (χ3n) is 4.02. The number of amides is 2. The Bertz CT molecular complexity index is 1060. The summed E-state index contributed by atoms with van der Waals surface area (Å²) < 4.78 is 24.8. The second kappa shape index (κ2) is 9.70. The molecule has 0 radical (unpaired) electrons. The van der Waals surface area contributed by atoms with Gasteiger partial charge in [0, 0.05) is 0 Å². The van der Waals surface area contributed by atoms with Gasteiger partial charge in [-0.3, -0.25) is 14.5 Å². The van der Waals surface area contributed by atoms with Gasteiger partial charge >= 0.3 is 0 Å². The Morgan fingerprint density at radius 2 is 2.07 bits per heavy atom. The van der Waals surface area contributed by atoms with Gasteiger partial charge in [0.25, 0.3) is 11.1 Å². The van der Waals surface area contributed by atoms with E-state index in [4.69, 9.17) is 27.5 Å². The predicted molar refractivity (Wildman–Crippen MR) is 115 cm³/mol. The lowest BCUT2D eigenvalue weighted by molar-refractivity contribution is -0.122. The van der Waals surface area contributed by atoms with Crippen molar-refractivity contribution in [3.63, 3.8) is 0 Å². The summed E-state index contributed by atoms with van der Waals surface area (Å²) in [5, 5.41) is -0.165. The van der Waals surface area contributed by atoms with Crippen molar-refractivity contribution in [1.82, 2.24) is 4.90 Å². The Balaban J connectivity index is 1.87. The molecule has 1 fully saturated rings. The lowest BCUT2D eigenvalue weighted by atomic mass is 10.1. The molecule has 3 rings (SSSR count). The summed E-state index contributed by atoms with van der Waals surface area (Å²) >= 11 is 7.20. The Labute approximate surface area is 182 Å². The maximum atomic E-state index is 13.4. The summed E-state index contributed by atoms with van der Waals surface area (Å²) in [5.41, 5.74) is 1.20. The third-order valence-corrected chi connectivity index (χ3v) is 5.21. The Morgan fingerprint density at radius 1 is 1.27 bits per heavy atom. The molecule has 2 aromatic rings. The molecule has 8 heteroatoms. The fourth-order valence-electron chi connectivity index (χ4n) is 2.74. The molecule has 1 aliphatic heterocycles. The lowest BCUT2D eigenvalue weighted by Gasteiger charge is -2.15. The molecule has 2 amide bonds. The van der Waals surface area contributed by atoms with Crippen molar-refractivity contribution in [2.45, 2.75) is 13.5 Å². The van der Waals surface area contributed by atoms with Crippen LogP contribution in [-0.2, 0) is 11.4 Å². The maximum absolute atomic E-state index is 13.4. The van der Waals surface area contributed by atoms with Crippen LogP contribution in [0, 0.1) is 18.2 Å². The van der Waals surface area contributed by atoms with E-state index in [1.165, 1.54) is 12.1 Å². The van der Waals surface area contributed by atoms with Crippen LogP contribution in [0.15, 0.2) is 41.3 Å². The van der Waals surface area contributed by atoms with E-state index in [0.29, 0.717) is 29.2 Å². The van der Waals surface area contributed by atoms with Gasteiger partial charge in [-0.1, -0.05) is 29.7 Å². The number of carbonyl (C=O) groups excluding carboxylic acids is 2. The minimum absolute atomic E-state index is 0.0835. The first-order valence-electron chi connectivity index (χ1n) is 8.95. The zero-order valence-corrected chi connectivity index (χ0v) is 17.6. The van der Waals surface area contributed by atoms with E-state index in [9.17, 15) is 14.0 Å². The second-order valence-corrected chi connectivity index (χ2v) is 7.55. The number of carbonyl (C=O) groups is 2.